The fourth-order valence-corrected chi connectivity index (χ4v) is 2.82. The molecule has 0 bridgehead atoms. The van der Waals surface area contributed by atoms with Crippen LogP contribution in [-0.2, 0) is 0 Å². The predicted molar refractivity (Wildman–Crippen MR) is 70.7 cm³/mol. The first kappa shape index (κ1) is 13.8. The summed E-state index contributed by atoms with van der Waals surface area (Å²) in [4.78, 5) is 0. The van der Waals surface area contributed by atoms with E-state index in [9.17, 15) is 5.11 Å². The number of benzene rings is 1. The van der Waals surface area contributed by atoms with Crippen molar-refractivity contribution < 1.29 is 9.84 Å². The lowest BCUT2D eigenvalue weighted by Crippen LogP contribution is -2.13. The Morgan fingerprint density at radius 2 is 1.88 bits per heavy atom. The molecule has 90 valence electrons. The van der Waals surface area contributed by atoms with E-state index in [4.69, 9.17) is 26.9 Å². The Bertz CT molecular complexity index is 322. The maximum atomic E-state index is 9.91. The highest BCUT2D eigenvalue weighted by Gasteiger charge is 2.22. The van der Waals surface area contributed by atoms with E-state index in [0.29, 0.717) is 12.5 Å². The quantitative estimate of drug-likeness (QED) is 0.658. The van der Waals surface area contributed by atoms with Gasteiger partial charge in [-0.2, -0.15) is 0 Å². The van der Waals surface area contributed by atoms with Crippen molar-refractivity contribution in [2.75, 3.05) is 7.11 Å². The normalized spacial score (nSPS) is 13.6. The van der Waals surface area contributed by atoms with E-state index in [0.717, 1.165) is 11.3 Å². The van der Waals surface area contributed by atoms with Crippen LogP contribution in [0.2, 0.25) is 12.6 Å². The molecule has 0 fully saturated rings. The zero-order valence-corrected chi connectivity index (χ0v) is 11.9. The average Bonchev–Trinajstić information content (AvgIpc) is 2.25. The first-order valence-corrected chi connectivity index (χ1v) is 9.85. The highest BCUT2D eigenvalue weighted by atomic mass is 35.7. The molecule has 1 atom stereocenters. The second kappa shape index (κ2) is 5.91. The number of methoxy groups -OCH3 is 1. The molecule has 0 amide bonds. The minimum Gasteiger partial charge on any atom is -0.497 e. The van der Waals surface area contributed by atoms with Gasteiger partial charge in [0.1, 0.15) is 5.75 Å². The molecule has 0 saturated carbocycles. The lowest BCUT2D eigenvalue weighted by Gasteiger charge is -2.15. The van der Waals surface area contributed by atoms with Crippen molar-refractivity contribution in [3.63, 3.8) is 0 Å². The SMILES string of the molecule is COc1ccc(C(O)CC[Si](C)(Cl)Cl)cc1. The van der Waals surface area contributed by atoms with Crippen LogP contribution in [0.1, 0.15) is 18.1 Å². The van der Waals surface area contributed by atoms with Crippen LogP contribution >= 0.6 is 22.2 Å². The van der Waals surface area contributed by atoms with Gasteiger partial charge < -0.3 is 9.84 Å². The van der Waals surface area contributed by atoms with Crippen LogP contribution in [0.15, 0.2) is 24.3 Å². The van der Waals surface area contributed by atoms with Crippen LogP contribution in [-0.4, -0.2) is 18.9 Å². The number of hydrogen-bond donors (Lipinski definition) is 1. The molecule has 5 heteroatoms. The van der Waals surface area contributed by atoms with Crippen molar-refractivity contribution in [1.82, 2.24) is 0 Å². The summed E-state index contributed by atoms with van der Waals surface area (Å²) in [6, 6.07) is 8.05. The number of halogens is 2. The summed E-state index contributed by atoms with van der Waals surface area (Å²) in [5.41, 5.74) is 0.868. The topological polar surface area (TPSA) is 29.5 Å². The van der Waals surface area contributed by atoms with Crippen molar-refractivity contribution in [1.29, 1.82) is 0 Å². The molecule has 0 aromatic heterocycles. The Morgan fingerprint density at radius 3 is 2.31 bits per heavy atom. The molecule has 1 rings (SSSR count). The minimum atomic E-state index is -2.11. The molecular formula is C11H16Cl2O2Si. The van der Waals surface area contributed by atoms with Gasteiger partial charge in [0.05, 0.1) is 13.2 Å². The molecule has 2 nitrogen and oxygen atoms in total. The number of hydrogen-bond acceptors (Lipinski definition) is 2. The lowest BCUT2D eigenvalue weighted by molar-refractivity contribution is 0.173. The van der Waals surface area contributed by atoms with E-state index < -0.39 is 12.8 Å². The summed E-state index contributed by atoms with van der Waals surface area (Å²) in [5.74, 6) is 0.782. The average molecular weight is 279 g/mol. The zero-order chi connectivity index (χ0) is 12.2. The van der Waals surface area contributed by atoms with Crippen molar-refractivity contribution in [3.05, 3.63) is 29.8 Å². The monoisotopic (exact) mass is 278 g/mol. The molecule has 0 heterocycles. The van der Waals surface area contributed by atoms with Gasteiger partial charge in [0.25, 0.3) is 0 Å². The largest absolute Gasteiger partial charge is 0.497 e. The van der Waals surface area contributed by atoms with Gasteiger partial charge in [0, 0.05) is 0 Å². The first-order chi connectivity index (χ1) is 7.42. The molecule has 1 N–H and O–H groups in total. The first-order valence-electron chi connectivity index (χ1n) is 5.12. The Kier molecular flexibility index (Phi) is 5.12. The van der Waals surface area contributed by atoms with Gasteiger partial charge >= 0.3 is 0 Å². The molecule has 1 aromatic rings. The summed E-state index contributed by atoms with van der Waals surface area (Å²) in [6.07, 6.45) is 0.0948. The van der Waals surface area contributed by atoms with Crippen molar-refractivity contribution >= 4 is 28.9 Å². The summed E-state index contributed by atoms with van der Waals surface area (Å²) < 4.78 is 5.05. The van der Waals surface area contributed by atoms with Crippen LogP contribution in [0.5, 0.6) is 5.75 Å². The maximum Gasteiger partial charge on any atom is 0.248 e. The standard InChI is InChI=1S/C11H16Cl2O2Si/c1-15-10-5-3-9(4-6-10)11(14)7-8-16(2,12)13/h3-6,11,14H,7-8H2,1-2H3. The van der Waals surface area contributed by atoms with Gasteiger partial charge in [0.2, 0.25) is 6.69 Å². The number of aliphatic hydroxyl groups is 1. The Labute approximate surface area is 107 Å². The number of rotatable bonds is 5. The van der Waals surface area contributed by atoms with Gasteiger partial charge in [-0.25, -0.2) is 0 Å². The van der Waals surface area contributed by atoms with Crippen LogP contribution in [0.25, 0.3) is 0 Å². The van der Waals surface area contributed by atoms with Crippen molar-refractivity contribution in [2.45, 2.75) is 25.1 Å². The fourth-order valence-electron chi connectivity index (χ4n) is 1.38. The maximum absolute atomic E-state index is 9.91. The molecule has 0 radical (unpaired) electrons. The van der Waals surface area contributed by atoms with Crippen LogP contribution in [0.4, 0.5) is 0 Å². The van der Waals surface area contributed by atoms with Gasteiger partial charge in [-0.3, -0.25) is 0 Å². The zero-order valence-electron chi connectivity index (χ0n) is 9.41. The summed E-state index contributed by atoms with van der Waals surface area (Å²) in [6.45, 7) is -0.253. The summed E-state index contributed by atoms with van der Waals surface area (Å²) >= 11 is 12.0. The van der Waals surface area contributed by atoms with E-state index in [1.165, 1.54) is 0 Å². The Morgan fingerprint density at radius 1 is 1.31 bits per heavy atom. The van der Waals surface area contributed by atoms with Gasteiger partial charge in [-0.1, -0.05) is 12.1 Å². The molecule has 0 saturated heterocycles. The molecule has 16 heavy (non-hydrogen) atoms. The van der Waals surface area contributed by atoms with E-state index in [2.05, 4.69) is 0 Å². The third-order valence-corrected chi connectivity index (χ3v) is 4.66. The van der Waals surface area contributed by atoms with Crippen LogP contribution < -0.4 is 4.74 Å². The van der Waals surface area contributed by atoms with Gasteiger partial charge in [-0.05, 0) is 36.7 Å². The van der Waals surface area contributed by atoms with E-state index in [1.54, 1.807) is 7.11 Å². The number of aliphatic hydroxyl groups excluding tert-OH is 1. The third kappa shape index (κ3) is 4.74. The predicted octanol–water partition coefficient (Wildman–Crippen LogP) is 3.67. The Balaban J connectivity index is 2.56. The lowest BCUT2D eigenvalue weighted by atomic mass is 10.1. The summed E-state index contributed by atoms with van der Waals surface area (Å²) in [7, 11) is 1.61. The highest BCUT2D eigenvalue weighted by Crippen LogP contribution is 2.28. The molecular weight excluding hydrogens is 263 g/mol. The second-order valence-corrected chi connectivity index (χ2v) is 12.1. The molecule has 1 unspecified atom stereocenters. The Hall–Kier alpha value is -0.223. The van der Waals surface area contributed by atoms with Crippen LogP contribution in [0, 0.1) is 0 Å². The van der Waals surface area contributed by atoms with E-state index >= 15 is 0 Å². The van der Waals surface area contributed by atoms with Gasteiger partial charge in [0.15, 0.2) is 0 Å². The van der Waals surface area contributed by atoms with E-state index in [-0.39, 0.29) is 0 Å². The fraction of sp³-hybridized carbons (Fsp3) is 0.455. The molecule has 1 aromatic carbocycles. The van der Waals surface area contributed by atoms with Crippen molar-refractivity contribution in [3.8, 4) is 5.75 Å². The molecule has 0 spiro atoms. The van der Waals surface area contributed by atoms with E-state index in [1.807, 2.05) is 30.8 Å². The third-order valence-electron chi connectivity index (χ3n) is 2.36. The smallest absolute Gasteiger partial charge is 0.248 e. The van der Waals surface area contributed by atoms with Crippen molar-refractivity contribution in [2.24, 2.45) is 0 Å². The minimum absolute atomic E-state index is 0.504. The highest BCUT2D eigenvalue weighted by molar-refractivity contribution is 7.44. The van der Waals surface area contributed by atoms with Gasteiger partial charge in [-0.15, -0.1) is 22.2 Å². The molecule has 0 aliphatic carbocycles. The van der Waals surface area contributed by atoms with Crippen LogP contribution in [0.3, 0.4) is 0 Å². The number of ether oxygens (including phenoxy) is 1. The molecule has 0 aliphatic heterocycles. The molecule has 0 aliphatic rings. The second-order valence-electron chi connectivity index (χ2n) is 3.90. The summed E-state index contributed by atoms with van der Waals surface area (Å²) in [5, 5.41) is 9.91.